The highest BCUT2D eigenvalue weighted by atomic mass is 127. The first-order valence-corrected chi connectivity index (χ1v) is 7.10. The van der Waals surface area contributed by atoms with Gasteiger partial charge < -0.3 is 9.47 Å². The van der Waals surface area contributed by atoms with Gasteiger partial charge in [-0.1, -0.05) is 22.6 Å². The lowest BCUT2D eigenvalue weighted by Crippen LogP contribution is -2.32. The van der Waals surface area contributed by atoms with E-state index in [0.717, 1.165) is 6.42 Å². The van der Waals surface area contributed by atoms with Gasteiger partial charge >= 0.3 is 0 Å². The van der Waals surface area contributed by atoms with Crippen molar-refractivity contribution in [2.75, 3.05) is 0 Å². The molecule has 1 aliphatic carbocycles. The zero-order valence-corrected chi connectivity index (χ0v) is 12.2. The van der Waals surface area contributed by atoms with Crippen LogP contribution in [0.3, 0.4) is 0 Å². The molecule has 0 aromatic rings. The number of ether oxygens (including phenoxy) is 2. The molecule has 1 saturated heterocycles. The van der Waals surface area contributed by atoms with E-state index in [2.05, 4.69) is 22.6 Å². The van der Waals surface area contributed by atoms with Gasteiger partial charge in [0.15, 0.2) is 6.29 Å². The molecule has 0 aromatic carbocycles. The number of Topliss-reactive ketones (excluding diaryl/α,β-unsaturated/α-hetero) is 1. The van der Waals surface area contributed by atoms with Crippen LogP contribution in [-0.2, 0) is 14.3 Å². The van der Waals surface area contributed by atoms with Gasteiger partial charge in [0.05, 0.1) is 15.6 Å². The number of hydrogen-bond donors (Lipinski definition) is 0. The maximum absolute atomic E-state index is 11.4. The molecule has 0 amide bonds. The summed E-state index contributed by atoms with van der Waals surface area (Å²) in [6.07, 6.45) is 2.19. The number of rotatable bonds is 1. The molecule has 0 spiro atoms. The van der Waals surface area contributed by atoms with E-state index in [4.69, 9.17) is 9.47 Å². The van der Waals surface area contributed by atoms with Crippen molar-refractivity contribution in [3.8, 4) is 0 Å². The fourth-order valence-corrected chi connectivity index (χ4v) is 3.53. The van der Waals surface area contributed by atoms with Crippen LogP contribution in [0.15, 0.2) is 0 Å². The summed E-state index contributed by atoms with van der Waals surface area (Å²) in [4.78, 5) is 11.4. The molecule has 2 rings (SSSR count). The molecule has 1 saturated carbocycles. The van der Waals surface area contributed by atoms with Crippen molar-refractivity contribution in [1.29, 1.82) is 0 Å². The predicted octanol–water partition coefficient (Wildman–Crippen LogP) is 2.70. The highest BCUT2D eigenvalue weighted by Crippen LogP contribution is 2.41. The van der Waals surface area contributed by atoms with Crippen molar-refractivity contribution in [2.45, 2.75) is 62.0 Å². The van der Waals surface area contributed by atoms with Crippen LogP contribution in [0.1, 0.15) is 40.0 Å². The maximum atomic E-state index is 11.4. The van der Waals surface area contributed by atoms with Crippen molar-refractivity contribution in [1.82, 2.24) is 0 Å². The third kappa shape index (κ3) is 2.76. The summed E-state index contributed by atoms with van der Waals surface area (Å²) in [5, 5.41) is 0. The standard InChI is InChI=1S/C12H19IO3/c1-12(2,3)16-11-10(13)8-5-4-7(14)6-9(8)15-11/h8-11H,4-6H2,1-3H3/t8-,9+,10+,11-/m1/s1. The Kier molecular flexibility index (Phi) is 3.62. The van der Waals surface area contributed by atoms with Gasteiger partial charge in [-0.25, -0.2) is 0 Å². The Balaban J connectivity index is 2.01. The average molecular weight is 338 g/mol. The third-order valence-corrected chi connectivity index (χ3v) is 4.62. The molecule has 1 heterocycles. The second-order valence-electron chi connectivity index (χ2n) is 5.66. The van der Waals surface area contributed by atoms with E-state index in [1.54, 1.807) is 0 Å². The fraction of sp³-hybridized carbons (Fsp3) is 0.917. The number of hydrogen-bond acceptors (Lipinski definition) is 3. The van der Waals surface area contributed by atoms with Crippen LogP contribution in [0.5, 0.6) is 0 Å². The Labute approximate surface area is 110 Å². The molecular formula is C12H19IO3. The van der Waals surface area contributed by atoms with Gasteiger partial charge in [-0.05, 0) is 27.2 Å². The zero-order chi connectivity index (χ0) is 11.9. The lowest BCUT2D eigenvalue weighted by atomic mass is 9.85. The van der Waals surface area contributed by atoms with Crippen LogP contribution in [0.2, 0.25) is 0 Å². The molecular weight excluding hydrogens is 319 g/mol. The summed E-state index contributed by atoms with van der Waals surface area (Å²) >= 11 is 2.41. The van der Waals surface area contributed by atoms with Gasteiger partial charge in [0, 0.05) is 18.8 Å². The van der Waals surface area contributed by atoms with Crippen LogP contribution >= 0.6 is 22.6 Å². The number of ketones is 1. The Morgan fingerprint density at radius 2 is 2.12 bits per heavy atom. The summed E-state index contributed by atoms with van der Waals surface area (Å²) < 4.78 is 12.1. The van der Waals surface area contributed by atoms with E-state index in [9.17, 15) is 4.79 Å². The van der Waals surface area contributed by atoms with Crippen molar-refractivity contribution < 1.29 is 14.3 Å². The summed E-state index contributed by atoms with van der Waals surface area (Å²) in [6, 6.07) is 0. The lowest BCUT2D eigenvalue weighted by Gasteiger charge is -2.26. The molecule has 4 heteroatoms. The van der Waals surface area contributed by atoms with Crippen LogP contribution < -0.4 is 0 Å². The quantitative estimate of drug-likeness (QED) is 0.545. The molecule has 0 N–H and O–H groups in total. The van der Waals surface area contributed by atoms with Gasteiger partial charge in [0.1, 0.15) is 5.78 Å². The van der Waals surface area contributed by atoms with Gasteiger partial charge in [0.2, 0.25) is 0 Å². The molecule has 0 unspecified atom stereocenters. The van der Waals surface area contributed by atoms with Gasteiger partial charge in [-0.15, -0.1) is 0 Å². The molecule has 1 aliphatic heterocycles. The zero-order valence-electron chi connectivity index (χ0n) is 10.0. The second-order valence-corrected chi connectivity index (χ2v) is 7.10. The van der Waals surface area contributed by atoms with E-state index in [0.29, 0.717) is 28.5 Å². The molecule has 2 fully saturated rings. The first-order valence-electron chi connectivity index (χ1n) is 5.86. The van der Waals surface area contributed by atoms with E-state index in [1.165, 1.54) is 0 Å². The third-order valence-electron chi connectivity index (χ3n) is 3.11. The highest BCUT2D eigenvalue weighted by molar-refractivity contribution is 14.1. The monoisotopic (exact) mass is 338 g/mol. The van der Waals surface area contributed by atoms with Crippen LogP contribution in [0.25, 0.3) is 0 Å². The first-order chi connectivity index (χ1) is 7.37. The smallest absolute Gasteiger partial charge is 0.170 e. The van der Waals surface area contributed by atoms with Gasteiger partial charge in [0.25, 0.3) is 0 Å². The number of fused-ring (bicyclic) bond motifs is 1. The normalized spacial score (nSPS) is 39.9. The molecule has 0 radical (unpaired) electrons. The first kappa shape index (κ1) is 12.8. The van der Waals surface area contributed by atoms with Crippen LogP contribution in [0, 0.1) is 5.92 Å². The van der Waals surface area contributed by atoms with E-state index in [-0.39, 0.29) is 18.0 Å². The summed E-state index contributed by atoms with van der Waals surface area (Å²) in [7, 11) is 0. The SMILES string of the molecule is CC(C)(C)O[C@H]1O[C@H]2CC(=O)CC[C@H]2[C@@H]1I. The average Bonchev–Trinajstić information content (AvgIpc) is 2.40. The number of alkyl halides is 1. The molecule has 0 aromatic heterocycles. The highest BCUT2D eigenvalue weighted by Gasteiger charge is 2.47. The number of carbonyl (C=O) groups excluding carboxylic acids is 1. The molecule has 16 heavy (non-hydrogen) atoms. The van der Waals surface area contributed by atoms with Crippen molar-refractivity contribution in [2.24, 2.45) is 5.92 Å². The minimum atomic E-state index is -0.189. The van der Waals surface area contributed by atoms with Gasteiger partial charge in [-0.2, -0.15) is 0 Å². The Bertz CT molecular complexity index is 284. The van der Waals surface area contributed by atoms with Crippen molar-refractivity contribution >= 4 is 28.4 Å². The van der Waals surface area contributed by atoms with Gasteiger partial charge in [-0.3, -0.25) is 4.79 Å². The Morgan fingerprint density at radius 3 is 2.75 bits per heavy atom. The summed E-state index contributed by atoms with van der Waals surface area (Å²) in [6.45, 7) is 6.10. The largest absolute Gasteiger partial charge is 0.347 e. The van der Waals surface area contributed by atoms with E-state index >= 15 is 0 Å². The molecule has 4 atom stereocenters. The van der Waals surface area contributed by atoms with Crippen LogP contribution in [-0.4, -0.2) is 27.7 Å². The lowest BCUT2D eigenvalue weighted by molar-refractivity contribution is -0.185. The minimum absolute atomic E-state index is 0.0931. The maximum Gasteiger partial charge on any atom is 0.170 e. The summed E-state index contributed by atoms with van der Waals surface area (Å²) in [5.74, 6) is 0.826. The predicted molar refractivity (Wildman–Crippen MR) is 69.7 cm³/mol. The second kappa shape index (κ2) is 4.53. The molecule has 0 bridgehead atoms. The summed E-state index contributed by atoms with van der Waals surface area (Å²) in [5.41, 5.74) is -0.189. The van der Waals surface area contributed by atoms with E-state index in [1.807, 2.05) is 20.8 Å². The Morgan fingerprint density at radius 1 is 1.44 bits per heavy atom. The minimum Gasteiger partial charge on any atom is -0.347 e. The fourth-order valence-electron chi connectivity index (χ4n) is 2.40. The Hall–Kier alpha value is 0.320. The van der Waals surface area contributed by atoms with Crippen molar-refractivity contribution in [3.05, 3.63) is 0 Å². The number of halogens is 1. The number of carbonyl (C=O) groups is 1. The molecule has 92 valence electrons. The van der Waals surface area contributed by atoms with E-state index < -0.39 is 0 Å². The van der Waals surface area contributed by atoms with Crippen LogP contribution in [0.4, 0.5) is 0 Å². The van der Waals surface area contributed by atoms with Crippen molar-refractivity contribution in [3.63, 3.8) is 0 Å². The molecule has 2 aliphatic rings. The topological polar surface area (TPSA) is 35.5 Å². The molecule has 3 nitrogen and oxygen atoms in total.